The summed E-state index contributed by atoms with van der Waals surface area (Å²) in [6, 6.07) is 10.6. The van der Waals surface area contributed by atoms with Crippen molar-refractivity contribution in [1.82, 2.24) is 14.5 Å². The van der Waals surface area contributed by atoms with Crippen LogP contribution in [0.15, 0.2) is 41.3 Å². The molecule has 1 fully saturated rings. The Hall–Kier alpha value is -2.18. The van der Waals surface area contributed by atoms with Gasteiger partial charge in [-0.15, -0.1) is 0 Å². The van der Waals surface area contributed by atoms with E-state index in [2.05, 4.69) is 35.9 Å². The van der Waals surface area contributed by atoms with Gasteiger partial charge in [-0.2, -0.15) is 4.98 Å². The van der Waals surface area contributed by atoms with Crippen LogP contribution in [0.25, 0.3) is 5.69 Å². The molecule has 0 amide bonds. The molecule has 1 aliphatic rings. The molecule has 2 aromatic rings. The van der Waals surface area contributed by atoms with Crippen LogP contribution in [0, 0.1) is 5.92 Å². The number of aromatic nitrogens is 2. The van der Waals surface area contributed by atoms with Crippen LogP contribution in [0.3, 0.4) is 0 Å². The van der Waals surface area contributed by atoms with Crippen LogP contribution in [-0.4, -0.2) is 39.6 Å². The molecule has 1 aromatic carbocycles. The predicted molar refractivity (Wildman–Crippen MR) is 115 cm³/mol. The van der Waals surface area contributed by atoms with Gasteiger partial charge in [-0.1, -0.05) is 25.5 Å². The van der Waals surface area contributed by atoms with Crippen molar-refractivity contribution in [3.8, 4) is 5.69 Å². The molecule has 6 nitrogen and oxygen atoms in total. The quantitative estimate of drug-likeness (QED) is 0.767. The number of rotatable bonds is 7. The van der Waals surface area contributed by atoms with Crippen LogP contribution < -0.4 is 17.2 Å². The topological polar surface area (TPSA) is 90.2 Å². The zero-order valence-electron chi connectivity index (χ0n) is 17.1. The highest BCUT2D eigenvalue weighted by Crippen LogP contribution is 2.25. The number of nitrogens with zero attached hydrogens (tertiary/aromatic N) is 3. The van der Waals surface area contributed by atoms with E-state index in [1.54, 1.807) is 12.3 Å². The molecule has 28 heavy (non-hydrogen) atoms. The van der Waals surface area contributed by atoms with Crippen molar-refractivity contribution in [2.45, 2.75) is 58.0 Å². The average Bonchev–Trinajstić information content (AvgIpc) is 2.67. The highest BCUT2D eigenvalue weighted by atomic mass is 16.1. The molecule has 6 heteroatoms. The average molecular weight is 384 g/mol. The van der Waals surface area contributed by atoms with E-state index >= 15 is 0 Å². The highest BCUT2D eigenvalue weighted by molar-refractivity contribution is 5.36. The smallest absolute Gasteiger partial charge is 0.354 e. The van der Waals surface area contributed by atoms with E-state index in [9.17, 15) is 4.79 Å². The first kappa shape index (κ1) is 20.6. The Morgan fingerprint density at radius 2 is 2.00 bits per heavy atom. The van der Waals surface area contributed by atoms with Crippen LogP contribution in [0.2, 0.25) is 0 Å². The van der Waals surface area contributed by atoms with Crippen molar-refractivity contribution in [3.63, 3.8) is 0 Å². The number of hydrogen-bond donors (Lipinski definition) is 2. The molecule has 0 radical (unpaired) electrons. The van der Waals surface area contributed by atoms with Crippen LogP contribution in [-0.2, 0) is 6.42 Å². The molecule has 1 aliphatic carbocycles. The van der Waals surface area contributed by atoms with Crippen molar-refractivity contribution in [2.75, 3.05) is 18.8 Å². The lowest BCUT2D eigenvalue weighted by molar-refractivity contribution is 0.158. The van der Waals surface area contributed by atoms with Gasteiger partial charge in [-0.25, -0.2) is 4.79 Å². The first-order chi connectivity index (χ1) is 13.5. The zero-order chi connectivity index (χ0) is 20.1. The molecular weight excluding hydrogens is 350 g/mol. The Balaban J connectivity index is 1.62. The second kappa shape index (κ2) is 9.34. The van der Waals surface area contributed by atoms with Gasteiger partial charge in [0.25, 0.3) is 0 Å². The second-order valence-electron chi connectivity index (χ2n) is 8.10. The minimum atomic E-state index is -0.357. The molecule has 1 aromatic heterocycles. The summed E-state index contributed by atoms with van der Waals surface area (Å²) < 4.78 is 1.51. The van der Waals surface area contributed by atoms with E-state index in [1.165, 1.54) is 29.4 Å². The minimum Gasteiger partial charge on any atom is -0.383 e. The van der Waals surface area contributed by atoms with E-state index < -0.39 is 0 Å². The van der Waals surface area contributed by atoms with Crippen LogP contribution in [0.4, 0.5) is 5.82 Å². The molecule has 3 rings (SSSR count). The standard InChI is InChI=1S/C22H33N5O/c1-3-26(15-18-5-4-6-19(23)14-18)16(2)13-17-7-9-20(10-8-17)27-12-11-21(24)25-22(27)28/h7-12,16,18-19H,3-6,13-15,23H2,1-2H3,(H2,24,25,28). The lowest BCUT2D eigenvalue weighted by Gasteiger charge is -2.35. The van der Waals surface area contributed by atoms with Gasteiger partial charge in [-0.05, 0) is 68.8 Å². The molecule has 4 N–H and O–H groups in total. The molecular formula is C22H33N5O. The number of anilines is 1. The van der Waals surface area contributed by atoms with Crippen molar-refractivity contribution < 1.29 is 0 Å². The number of benzene rings is 1. The fraction of sp³-hybridized carbons (Fsp3) is 0.545. The lowest BCUT2D eigenvalue weighted by Crippen LogP contribution is -2.41. The summed E-state index contributed by atoms with van der Waals surface area (Å²) in [7, 11) is 0. The third-order valence-corrected chi connectivity index (χ3v) is 5.92. The summed E-state index contributed by atoms with van der Waals surface area (Å²) in [5.74, 6) is 0.962. The SMILES string of the molecule is CCN(CC1CCCC(N)C1)C(C)Cc1ccc(-n2ccc(N)nc2=O)cc1. The summed E-state index contributed by atoms with van der Waals surface area (Å²) in [6.45, 7) is 6.73. The highest BCUT2D eigenvalue weighted by Gasteiger charge is 2.23. The van der Waals surface area contributed by atoms with Crippen LogP contribution in [0.1, 0.15) is 45.1 Å². The zero-order valence-corrected chi connectivity index (χ0v) is 17.1. The molecule has 0 spiro atoms. The fourth-order valence-corrected chi connectivity index (χ4v) is 4.33. The first-order valence-electron chi connectivity index (χ1n) is 10.4. The molecule has 152 valence electrons. The Labute approximate surface area is 167 Å². The van der Waals surface area contributed by atoms with E-state index in [4.69, 9.17) is 11.5 Å². The maximum atomic E-state index is 12.0. The Morgan fingerprint density at radius 3 is 2.64 bits per heavy atom. The molecule has 3 atom stereocenters. The van der Waals surface area contributed by atoms with Gasteiger partial charge in [0.15, 0.2) is 0 Å². The van der Waals surface area contributed by atoms with E-state index in [-0.39, 0.29) is 11.5 Å². The van der Waals surface area contributed by atoms with E-state index in [1.807, 2.05) is 12.1 Å². The summed E-state index contributed by atoms with van der Waals surface area (Å²) in [5.41, 5.74) is 13.4. The van der Waals surface area contributed by atoms with Gasteiger partial charge in [0.1, 0.15) is 5.82 Å². The third kappa shape index (κ3) is 5.20. The Kier molecular flexibility index (Phi) is 6.86. The minimum absolute atomic E-state index is 0.241. The van der Waals surface area contributed by atoms with Gasteiger partial charge in [0.2, 0.25) is 0 Å². The van der Waals surface area contributed by atoms with E-state index in [0.29, 0.717) is 12.1 Å². The molecule has 0 bridgehead atoms. The Morgan fingerprint density at radius 1 is 1.25 bits per heavy atom. The monoisotopic (exact) mass is 383 g/mol. The molecule has 0 saturated heterocycles. The van der Waals surface area contributed by atoms with Crippen molar-refractivity contribution in [3.05, 3.63) is 52.6 Å². The van der Waals surface area contributed by atoms with Crippen LogP contribution >= 0.6 is 0 Å². The fourth-order valence-electron chi connectivity index (χ4n) is 4.33. The normalized spacial score (nSPS) is 21.0. The van der Waals surface area contributed by atoms with Gasteiger partial charge in [0, 0.05) is 24.8 Å². The third-order valence-electron chi connectivity index (χ3n) is 5.92. The van der Waals surface area contributed by atoms with Gasteiger partial charge in [-0.3, -0.25) is 4.57 Å². The molecule has 0 aliphatic heterocycles. The van der Waals surface area contributed by atoms with Crippen molar-refractivity contribution >= 4 is 5.82 Å². The number of hydrogen-bond acceptors (Lipinski definition) is 5. The van der Waals surface area contributed by atoms with E-state index in [0.717, 1.165) is 37.5 Å². The number of likely N-dealkylation sites (N-methyl/N-ethyl adjacent to an activating group) is 1. The largest absolute Gasteiger partial charge is 0.383 e. The van der Waals surface area contributed by atoms with Crippen LogP contribution in [0.5, 0.6) is 0 Å². The maximum absolute atomic E-state index is 12.0. The number of nitrogen functional groups attached to an aromatic ring is 1. The summed E-state index contributed by atoms with van der Waals surface area (Å²) in [5, 5.41) is 0. The summed E-state index contributed by atoms with van der Waals surface area (Å²) in [6.07, 6.45) is 7.55. The second-order valence-corrected chi connectivity index (χ2v) is 8.10. The summed E-state index contributed by atoms with van der Waals surface area (Å²) in [4.78, 5) is 18.4. The summed E-state index contributed by atoms with van der Waals surface area (Å²) >= 11 is 0. The molecule has 1 heterocycles. The maximum Gasteiger partial charge on any atom is 0.354 e. The lowest BCUT2D eigenvalue weighted by atomic mass is 9.85. The first-order valence-corrected chi connectivity index (χ1v) is 10.4. The van der Waals surface area contributed by atoms with Crippen molar-refractivity contribution in [2.24, 2.45) is 11.7 Å². The number of nitrogens with two attached hydrogens (primary N) is 2. The molecule has 3 unspecified atom stereocenters. The van der Waals surface area contributed by atoms with Gasteiger partial charge in [0.05, 0.1) is 5.69 Å². The van der Waals surface area contributed by atoms with Gasteiger partial charge >= 0.3 is 5.69 Å². The van der Waals surface area contributed by atoms with Crippen molar-refractivity contribution in [1.29, 1.82) is 0 Å². The van der Waals surface area contributed by atoms with Gasteiger partial charge < -0.3 is 16.4 Å². The Bertz CT molecular complexity index is 816. The molecule has 1 saturated carbocycles. The predicted octanol–water partition coefficient (Wildman–Crippen LogP) is 2.59.